The Kier molecular flexibility index (Phi) is 5.55. The van der Waals surface area contributed by atoms with Gasteiger partial charge in [-0.3, -0.25) is 9.59 Å². The number of rotatable bonds is 6. The normalized spacial score (nSPS) is 21.5. The monoisotopic (exact) mass is 303 g/mol. The smallest absolute Gasteiger partial charge is 0.240 e. The average Bonchev–Trinajstić information content (AvgIpc) is 2.52. The molecule has 120 valence electrons. The molecule has 0 aromatic heterocycles. The molecule has 1 heterocycles. The summed E-state index contributed by atoms with van der Waals surface area (Å²) in [5.74, 6) is -0.371. The first-order chi connectivity index (χ1) is 10.6. The molecule has 22 heavy (non-hydrogen) atoms. The number of amides is 2. The molecule has 0 bridgehead atoms. The van der Waals surface area contributed by atoms with E-state index in [9.17, 15) is 9.59 Å². The van der Waals surface area contributed by atoms with Crippen molar-refractivity contribution in [2.24, 2.45) is 0 Å². The lowest BCUT2D eigenvalue weighted by atomic mass is 9.73. The van der Waals surface area contributed by atoms with Gasteiger partial charge < -0.3 is 15.5 Å². The Morgan fingerprint density at radius 1 is 1.32 bits per heavy atom. The highest BCUT2D eigenvalue weighted by Gasteiger charge is 2.48. The highest BCUT2D eigenvalue weighted by molar-refractivity contribution is 6.11. The van der Waals surface area contributed by atoms with E-state index in [1.807, 2.05) is 44.4 Å². The number of nitrogens with one attached hydrogen (secondary N) is 2. The van der Waals surface area contributed by atoms with E-state index in [0.29, 0.717) is 19.5 Å². The van der Waals surface area contributed by atoms with Gasteiger partial charge in [-0.25, -0.2) is 0 Å². The molecule has 1 aromatic carbocycles. The van der Waals surface area contributed by atoms with Gasteiger partial charge >= 0.3 is 0 Å². The molecule has 5 heteroatoms. The average molecular weight is 303 g/mol. The van der Waals surface area contributed by atoms with Crippen LogP contribution in [0.4, 0.5) is 0 Å². The van der Waals surface area contributed by atoms with Crippen molar-refractivity contribution in [3.63, 3.8) is 0 Å². The molecule has 5 nitrogen and oxygen atoms in total. The first-order valence-corrected chi connectivity index (χ1v) is 7.84. The van der Waals surface area contributed by atoms with Crippen molar-refractivity contribution >= 4 is 11.8 Å². The van der Waals surface area contributed by atoms with E-state index >= 15 is 0 Å². The van der Waals surface area contributed by atoms with Crippen LogP contribution in [0.5, 0.6) is 0 Å². The lowest BCUT2D eigenvalue weighted by Gasteiger charge is -2.35. The molecule has 0 radical (unpaired) electrons. The summed E-state index contributed by atoms with van der Waals surface area (Å²) in [5, 5.41) is 5.80. The molecule has 1 unspecified atom stereocenters. The molecule has 0 spiro atoms. The molecule has 0 saturated carbocycles. The maximum Gasteiger partial charge on any atom is 0.240 e. The zero-order valence-corrected chi connectivity index (χ0v) is 13.4. The van der Waals surface area contributed by atoms with E-state index in [0.717, 1.165) is 24.9 Å². The third-order valence-electron chi connectivity index (χ3n) is 4.12. The molecule has 2 rings (SSSR count). The van der Waals surface area contributed by atoms with Gasteiger partial charge in [0.25, 0.3) is 0 Å². The largest absolute Gasteiger partial charge is 0.355 e. The van der Waals surface area contributed by atoms with E-state index in [4.69, 9.17) is 0 Å². The van der Waals surface area contributed by atoms with E-state index in [-0.39, 0.29) is 11.8 Å². The van der Waals surface area contributed by atoms with Crippen molar-refractivity contribution < 1.29 is 9.59 Å². The Morgan fingerprint density at radius 2 is 2.05 bits per heavy atom. The van der Waals surface area contributed by atoms with Gasteiger partial charge in [0.2, 0.25) is 11.8 Å². The van der Waals surface area contributed by atoms with Gasteiger partial charge in [-0.1, -0.05) is 30.3 Å². The molecule has 2 N–H and O–H groups in total. The standard InChI is InChI=1S/C17H25N3O2/c1-20(2)13-7-12-19-16(22)17(10-6-11-18-15(17)21)14-8-4-3-5-9-14/h3-5,8-9H,6-7,10-13H2,1-2H3,(H,18,21)(H,19,22). The summed E-state index contributed by atoms with van der Waals surface area (Å²) in [6.45, 7) is 2.13. The van der Waals surface area contributed by atoms with E-state index in [2.05, 4.69) is 15.5 Å². The quantitative estimate of drug-likeness (QED) is 0.606. The third-order valence-corrected chi connectivity index (χ3v) is 4.12. The lowest BCUT2D eigenvalue weighted by molar-refractivity contribution is -0.139. The third kappa shape index (κ3) is 3.47. The van der Waals surface area contributed by atoms with Crippen LogP contribution in [-0.2, 0) is 15.0 Å². The molecule has 1 saturated heterocycles. The highest BCUT2D eigenvalue weighted by atomic mass is 16.2. The summed E-state index contributed by atoms with van der Waals surface area (Å²) in [7, 11) is 4.00. The summed E-state index contributed by atoms with van der Waals surface area (Å²) in [4.78, 5) is 27.4. The molecule has 2 amide bonds. The summed E-state index contributed by atoms with van der Waals surface area (Å²) < 4.78 is 0. The number of nitrogens with zero attached hydrogens (tertiary/aromatic N) is 1. The van der Waals surface area contributed by atoms with Crippen LogP contribution in [0.15, 0.2) is 30.3 Å². The Labute approximate surface area is 132 Å². The van der Waals surface area contributed by atoms with Crippen LogP contribution in [0.25, 0.3) is 0 Å². The number of hydrogen-bond acceptors (Lipinski definition) is 3. The minimum absolute atomic E-state index is 0.185. The predicted molar refractivity (Wildman–Crippen MR) is 86.5 cm³/mol. The van der Waals surface area contributed by atoms with Gasteiger partial charge in [-0.05, 0) is 45.5 Å². The topological polar surface area (TPSA) is 61.4 Å². The van der Waals surface area contributed by atoms with Crippen molar-refractivity contribution in [2.75, 3.05) is 33.7 Å². The summed E-state index contributed by atoms with van der Waals surface area (Å²) in [5.41, 5.74) is -0.310. The van der Waals surface area contributed by atoms with Crippen molar-refractivity contribution in [2.45, 2.75) is 24.7 Å². The number of carbonyl (C=O) groups excluding carboxylic acids is 2. The van der Waals surface area contributed by atoms with Crippen molar-refractivity contribution in [3.8, 4) is 0 Å². The Hall–Kier alpha value is -1.88. The molecule has 1 aliphatic heterocycles. The Bertz CT molecular complexity index is 516. The van der Waals surface area contributed by atoms with Crippen LogP contribution in [0.3, 0.4) is 0 Å². The fourth-order valence-electron chi connectivity index (χ4n) is 2.91. The van der Waals surface area contributed by atoms with Crippen LogP contribution < -0.4 is 10.6 Å². The van der Waals surface area contributed by atoms with Crippen molar-refractivity contribution in [1.82, 2.24) is 15.5 Å². The minimum Gasteiger partial charge on any atom is -0.355 e. The van der Waals surface area contributed by atoms with Crippen LogP contribution in [0.2, 0.25) is 0 Å². The highest BCUT2D eigenvalue weighted by Crippen LogP contribution is 2.32. The first kappa shape index (κ1) is 16.5. The van der Waals surface area contributed by atoms with Gasteiger partial charge in [0.15, 0.2) is 5.41 Å². The molecular formula is C17H25N3O2. The first-order valence-electron chi connectivity index (χ1n) is 7.84. The molecular weight excluding hydrogens is 278 g/mol. The van der Waals surface area contributed by atoms with Crippen LogP contribution in [0.1, 0.15) is 24.8 Å². The Balaban J connectivity index is 2.15. The molecule has 0 aliphatic carbocycles. The maximum absolute atomic E-state index is 12.8. The van der Waals surface area contributed by atoms with Crippen LogP contribution in [-0.4, -0.2) is 50.4 Å². The number of hydrogen-bond donors (Lipinski definition) is 2. The predicted octanol–water partition coefficient (Wildman–Crippen LogP) is 0.902. The Morgan fingerprint density at radius 3 is 2.68 bits per heavy atom. The van der Waals surface area contributed by atoms with E-state index in [1.54, 1.807) is 0 Å². The van der Waals surface area contributed by atoms with Gasteiger partial charge in [-0.15, -0.1) is 0 Å². The minimum atomic E-state index is -1.09. The second-order valence-electron chi connectivity index (χ2n) is 6.04. The fraction of sp³-hybridized carbons (Fsp3) is 0.529. The number of carbonyl (C=O) groups is 2. The molecule has 1 atom stereocenters. The maximum atomic E-state index is 12.8. The van der Waals surface area contributed by atoms with Crippen LogP contribution in [0, 0.1) is 0 Å². The van der Waals surface area contributed by atoms with Crippen molar-refractivity contribution in [1.29, 1.82) is 0 Å². The van der Waals surface area contributed by atoms with E-state index in [1.165, 1.54) is 0 Å². The van der Waals surface area contributed by atoms with Crippen LogP contribution >= 0.6 is 0 Å². The van der Waals surface area contributed by atoms with Crippen molar-refractivity contribution in [3.05, 3.63) is 35.9 Å². The second-order valence-corrected chi connectivity index (χ2v) is 6.04. The van der Waals surface area contributed by atoms with Gasteiger partial charge in [0.1, 0.15) is 0 Å². The zero-order chi connectivity index (χ0) is 16.0. The van der Waals surface area contributed by atoms with Gasteiger partial charge in [0, 0.05) is 13.1 Å². The zero-order valence-electron chi connectivity index (χ0n) is 13.4. The molecule has 1 fully saturated rings. The molecule has 1 aromatic rings. The summed E-state index contributed by atoms with van der Waals surface area (Å²) in [6.07, 6.45) is 2.24. The summed E-state index contributed by atoms with van der Waals surface area (Å²) in [6, 6.07) is 9.37. The number of piperidine rings is 1. The fourth-order valence-corrected chi connectivity index (χ4v) is 2.91. The van der Waals surface area contributed by atoms with Gasteiger partial charge in [-0.2, -0.15) is 0 Å². The lowest BCUT2D eigenvalue weighted by Crippen LogP contribution is -2.57. The number of benzene rings is 1. The SMILES string of the molecule is CN(C)CCCNC(=O)C1(c2ccccc2)CCCNC1=O. The second kappa shape index (κ2) is 7.40. The van der Waals surface area contributed by atoms with Gasteiger partial charge in [0.05, 0.1) is 0 Å². The molecule has 1 aliphatic rings. The summed E-state index contributed by atoms with van der Waals surface area (Å²) >= 11 is 0. The van der Waals surface area contributed by atoms with E-state index < -0.39 is 5.41 Å².